The van der Waals surface area contributed by atoms with E-state index in [0.29, 0.717) is 24.5 Å². The van der Waals surface area contributed by atoms with Crippen molar-refractivity contribution in [3.63, 3.8) is 0 Å². The van der Waals surface area contributed by atoms with E-state index in [1.807, 2.05) is 24.3 Å². The molecular weight excluding hydrogens is 308 g/mol. The first-order chi connectivity index (χ1) is 11.0. The van der Waals surface area contributed by atoms with Crippen molar-refractivity contribution in [2.45, 2.75) is 33.7 Å². The molecule has 0 atom stereocenters. The van der Waals surface area contributed by atoms with Crippen molar-refractivity contribution in [3.8, 4) is 0 Å². The number of nitrogens with one attached hydrogen (secondary N) is 2. The van der Waals surface area contributed by atoms with E-state index in [4.69, 9.17) is 11.6 Å². The highest BCUT2D eigenvalue weighted by atomic mass is 35.5. The van der Waals surface area contributed by atoms with E-state index >= 15 is 0 Å². The van der Waals surface area contributed by atoms with Crippen LogP contribution in [0.3, 0.4) is 0 Å². The lowest BCUT2D eigenvalue weighted by Crippen LogP contribution is -2.25. The third-order valence-corrected chi connectivity index (χ3v) is 4.13. The van der Waals surface area contributed by atoms with Gasteiger partial charge in [0, 0.05) is 30.2 Å². The lowest BCUT2D eigenvalue weighted by Gasteiger charge is -2.14. The van der Waals surface area contributed by atoms with Gasteiger partial charge in [0.15, 0.2) is 0 Å². The van der Waals surface area contributed by atoms with Gasteiger partial charge in [-0.1, -0.05) is 47.5 Å². The van der Waals surface area contributed by atoms with Crippen molar-refractivity contribution >= 4 is 23.2 Å². The van der Waals surface area contributed by atoms with Crippen molar-refractivity contribution in [2.75, 3.05) is 11.9 Å². The molecule has 0 bridgehead atoms. The van der Waals surface area contributed by atoms with Crippen LogP contribution in [0, 0.1) is 20.8 Å². The van der Waals surface area contributed by atoms with Crippen LogP contribution in [-0.2, 0) is 11.3 Å². The van der Waals surface area contributed by atoms with Gasteiger partial charge in [0.05, 0.1) is 0 Å². The number of rotatable bonds is 6. The average molecular weight is 331 g/mol. The Morgan fingerprint density at radius 1 is 1.09 bits per heavy atom. The van der Waals surface area contributed by atoms with Gasteiger partial charge in [-0.25, -0.2) is 0 Å². The maximum Gasteiger partial charge on any atom is 0.222 e. The van der Waals surface area contributed by atoms with Gasteiger partial charge < -0.3 is 10.6 Å². The van der Waals surface area contributed by atoms with Gasteiger partial charge in [-0.2, -0.15) is 0 Å². The number of hydrogen-bond donors (Lipinski definition) is 2. The zero-order valence-electron chi connectivity index (χ0n) is 13.9. The van der Waals surface area contributed by atoms with E-state index in [9.17, 15) is 4.79 Å². The third kappa shape index (κ3) is 5.00. The molecule has 0 aliphatic rings. The van der Waals surface area contributed by atoms with E-state index in [1.54, 1.807) is 0 Å². The standard InChI is InChI=1S/C19H23ClN2O/c1-13-10-14(2)19(15(3)11-13)21-9-8-18(23)22-12-16-6-4-5-7-17(16)20/h4-7,10-11,21H,8-9,12H2,1-3H3,(H,22,23). The first-order valence-corrected chi connectivity index (χ1v) is 8.17. The van der Waals surface area contributed by atoms with Crippen LogP contribution in [0.15, 0.2) is 36.4 Å². The summed E-state index contributed by atoms with van der Waals surface area (Å²) < 4.78 is 0. The van der Waals surface area contributed by atoms with Crippen LogP contribution in [0.2, 0.25) is 5.02 Å². The molecule has 23 heavy (non-hydrogen) atoms. The minimum absolute atomic E-state index is 0.0137. The highest BCUT2D eigenvalue weighted by Crippen LogP contribution is 2.21. The monoisotopic (exact) mass is 330 g/mol. The molecule has 1 amide bonds. The second kappa shape index (κ2) is 8.02. The van der Waals surface area contributed by atoms with E-state index in [2.05, 4.69) is 43.5 Å². The molecule has 4 heteroatoms. The van der Waals surface area contributed by atoms with Gasteiger partial charge in [0.2, 0.25) is 5.91 Å². The second-order valence-electron chi connectivity index (χ2n) is 5.82. The second-order valence-corrected chi connectivity index (χ2v) is 6.23. The van der Waals surface area contributed by atoms with Crippen molar-refractivity contribution in [1.82, 2.24) is 5.32 Å². The first-order valence-electron chi connectivity index (χ1n) is 7.79. The van der Waals surface area contributed by atoms with E-state index in [-0.39, 0.29) is 5.91 Å². The molecule has 0 aliphatic heterocycles. The van der Waals surface area contributed by atoms with Gasteiger partial charge >= 0.3 is 0 Å². The summed E-state index contributed by atoms with van der Waals surface area (Å²) in [6, 6.07) is 11.8. The number of carbonyl (C=O) groups excluding carboxylic acids is 1. The molecule has 0 unspecified atom stereocenters. The van der Waals surface area contributed by atoms with E-state index in [0.717, 1.165) is 11.3 Å². The van der Waals surface area contributed by atoms with Crippen molar-refractivity contribution < 1.29 is 4.79 Å². The largest absolute Gasteiger partial charge is 0.384 e. The minimum Gasteiger partial charge on any atom is -0.384 e. The zero-order valence-corrected chi connectivity index (χ0v) is 14.6. The van der Waals surface area contributed by atoms with Crippen molar-refractivity contribution in [1.29, 1.82) is 0 Å². The molecule has 2 N–H and O–H groups in total. The summed E-state index contributed by atoms with van der Waals surface area (Å²) in [6.45, 7) is 7.33. The number of benzene rings is 2. The summed E-state index contributed by atoms with van der Waals surface area (Å²) in [5.74, 6) is 0.0137. The normalized spacial score (nSPS) is 10.4. The molecule has 2 rings (SSSR count). The van der Waals surface area contributed by atoms with Crippen LogP contribution in [0.1, 0.15) is 28.7 Å². The summed E-state index contributed by atoms with van der Waals surface area (Å²) in [5.41, 5.74) is 5.72. The van der Waals surface area contributed by atoms with Gasteiger partial charge in [0.25, 0.3) is 0 Å². The number of amides is 1. The molecular formula is C19H23ClN2O. The number of halogens is 1. The fourth-order valence-electron chi connectivity index (χ4n) is 2.68. The highest BCUT2D eigenvalue weighted by Gasteiger charge is 2.06. The predicted octanol–water partition coefficient (Wildman–Crippen LogP) is 4.38. The van der Waals surface area contributed by atoms with Crippen LogP contribution >= 0.6 is 11.6 Å². The molecule has 0 spiro atoms. The fourth-order valence-corrected chi connectivity index (χ4v) is 2.89. The molecule has 0 aromatic heterocycles. The van der Waals surface area contributed by atoms with Crippen LogP contribution in [0.5, 0.6) is 0 Å². The highest BCUT2D eigenvalue weighted by molar-refractivity contribution is 6.31. The minimum atomic E-state index is 0.0137. The van der Waals surface area contributed by atoms with Gasteiger partial charge in [-0.15, -0.1) is 0 Å². The molecule has 122 valence electrons. The SMILES string of the molecule is Cc1cc(C)c(NCCC(=O)NCc2ccccc2Cl)c(C)c1. The smallest absolute Gasteiger partial charge is 0.222 e. The number of carbonyl (C=O) groups is 1. The first kappa shape index (κ1) is 17.4. The predicted molar refractivity (Wildman–Crippen MR) is 97.1 cm³/mol. The Hall–Kier alpha value is -2.00. The Morgan fingerprint density at radius 3 is 2.39 bits per heavy atom. The van der Waals surface area contributed by atoms with Crippen LogP contribution in [0.4, 0.5) is 5.69 Å². The Labute approximate surface area is 143 Å². The van der Waals surface area contributed by atoms with E-state index in [1.165, 1.54) is 16.7 Å². The van der Waals surface area contributed by atoms with Crippen LogP contribution < -0.4 is 10.6 Å². The zero-order chi connectivity index (χ0) is 16.8. The van der Waals surface area contributed by atoms with Crippen molar-refractivity contribution in [2.24, 2.45) is 0 Å². The number of hydrogen-bond acceptors (Lipinski definition) is 2. The summed E-state index contributed by atoms with van der Waals surface area (Å²) in [7, 11) is 0. The Bertz CT molecular complexity index is 675. The van der Waals surface area contributed by atoms with Gasteiger partial charge in [0.1, 0.15) is 0 Å². The van der Waals surface area contributed by atoms with Gasteiger partial charge in [-0.05, 0) is 43.5 Å². The molecule has 2 aromatic carbocycles. The Balaban J connectivity index is 1.80. The Kier molecular flexibility index (Phi) is 6.05. The molecule has 0 aliphatic carbocycles. The molecule has 3 nitrogen and oxygen atoms in total. The molecule has 0 radical (unpaired) electrons. The molecule has 0 saturated carbocycles. The lowest BCUT2D eigenvalue weighted by molar-refractivity contribution is -0.121. The summed E-state index contributed by atoms with van der Waals surface area (Å²) in [5, 5.41) is 6.94. The van der Waals surface area contributed by atoms with E-state index < -0.39 is 0 Å². The number of anilines is 1. The maximum atomic E-state index is 11.9. The molecule has 0 heterocycles. The summed E-state index contributed by atoms with van der Waals surface area (Å²) in [4.78, 5) is 11.9. The number of aryl methyl sites for hydroxylation is 3. The third-order valence-electron chi connectivity index (χ3n) is 3.76. The topological polar surface area (TPSA) is 41.1 Å². The van der Waals surface area contributed by atoms with Crippen molar-refractivity contribution in [3.05, 3.63) is 63.7 Å². The average Bonchev–Trinajstić information content (AvgIpc) is 2.49. The summed E-state index contributed by atoms with van der Waals surface area (Å²) >= 11 is 6.08. The fraction of sp³-hybridized carbons (Fsp3) is 0.316. The quantitative estimate of drug-likeness (QED) is 0.825. The maximum absolute atomic E-state index is 11.9. The van der Waals surface area contributed by atoms with Crippen LogP contribution in [-0.4, -0.2) is 12.5 Å². The van der Waals surface area contributed by atoms with Crippen LogP contribution in [0.25, 0.3) is 0 Å². The molecule has 2 aromatic rings. The van der Waals surface area contributed by atoms with Gasteiger partial charge in [-0.3, -0.25) is 4.79 Å². The lowest BCUT2D eigenvalue weighted by atomic mass is 10.1. The molecule has 0 fully saturated rings. The Morgan fingerprint density at radius 2 is 1.74 bits per heavy atom. The molecule has 0 saturated heterocycles. The summed E-state index contributed by atoms with van der Waals surface area (Å²) in [6.07, 6.45) is 0.428.